The van der Waals surface area contributed by atoms with Crippen LogP contribution in [0.3, 0.4) is 0 Å². The molecule has 0 saturated heterocycles. The minimum atomic E-state index is -0.205. The first-order valence-electron chi connectivity index (χ1n) is 8.17. The summed E-state index contributed by atoms with van der Waals surface area (Å²) in [4.78, 5) is 24.3. The molecular formula is C19H22ClN3O2. The van der Waals surface area contributed by atoms with E-state index in [1.54, 1.807) is 18.2 Å². The van der Waals surface area contributed by atoms with Gasteiger partial charge in [-0.1, -0.05) is 36.2 Å². The number of aryl methyl sites for hydroxylation is 1. The zero-order valence-electron chi connectivity index (χ0n) is 14.4. The molecule has 0 aliphatic carbocycles. The zero-order chi connectivity index (χ0) is 18.2. The highest BCUT2D eigenvalue weighted by Crippen LogP contribution is 2.21. The lowest BCUT2D eigenvalue weighted by Gasteiger charge is -2.13. The maximum atomic E-state index is 12.2. The van der Waals surface area contributed by atoms with E-state index in [9.17, 15) is 9.59 Å². The van der Waals surface area contributed by atoms with Crippen molar-refractivity contribution in [3.63, 3.8) is 0 Å². The van der Waals surface area contributed by atoms with Crippen LogP contribution in [-0.4, -0.2) is 24.9 Å². The molecule has 0 aliphatic rings. The number of amides is 2. The quantitative estimate of drug-likeness (QED) is 0.703. The van der Waals surface area contributed by atoms with Crippen LogP contribution in [-0.2, 0) is 4.79 Å². The Labute approximate surface area is 152 Å². The van der Waals surface area contributed by atoms with E-state index in [1.165, 1.54) is 0 Å². The maximum Gasteiger partial charge on any atom is 0.253 e. The third-order valence-corrected chi connectivity index (χ3v) is 3.77. The normalized spacial score (nSPS) is 10.2. The lowest BCUT2D eigenvalue weighted by molar-refractivity contribution is -0.114. The van der Waals surface area contributed by atoms with E-state index in [0.29, 0.717) is 22.8 Å². The second-order valence-corrected chi connectivity index (χ2v) is 6.15. The fourth-order valence-electron chi connectivity index (χ4n) is 2.21. The summed E-state index contributed by atoms with van der Waals surface area (Å²) in [6.07, 6.45) is 0.848. The van der Waals surface area contributed by atoms with Gasteiger partial charge in [-0.05, 0) is 43.7 Å². The topological polar surface area (TPSA) is 70.2 Å². The van der Waals surface area contributed by atoms with Gasteiger partial charge in [-0.2, -0.15) is 0 Å². The van der Waals surface area contributed by atoms with Crippen molar-refractivity contribution in [2.45, 2.75) is 20.3 Å². The summed E-state index contributed by atoms with van der Waals surface area (Å²) >= 11 is 6.01. The molecule has 2 aromatic carbocycles. The minimum absolute atomic E-state index is 0.0300. The van der Waals surface area contributed by atoms with Crippen LogP contribution in [0.4, 0.5) is 11.4 Å². The van der Waals surface area contributed by atoms with Crippen LogP contribution < -0.4 is 16.0 Å². The number of carbonyl (C=O) groups is 2. The number of rotatable bonds is 7. The van der Waals surface area contributed by atoms with Crippen molar-refractivity contribution in [2.75, 3.05) is 23.7 Å². The van der Waals surface area contributed by atoms with Crippen molar-refractivity contribution in [1.82, 2.24) is 5.32 Å². The molecule has 2 rings (SSSR count). The molecule has 0 saturated carbocycles. The highest BCUT2D eigenvalue weighted by atomic mass is 35.5. The lowest BCUT2D eigenvalue weighted by Crippen LogP contribution is -2.27. The molecule has 0 bridgehead atoms. The maximum absolute atomic E-state index is 12.2. The van der Waals surface area contributed by atoms with Gasteiger partial charge < -0.3 is 16.0 Å². The predicted octanol–water partition coefficient (Wildman–Crippen LogP) is 3.84. The molecule has 2 aromatic rings. The average Bonchev–Trinajstić information content (AvgIpc) is 2.60. The van der Waals surface area contributed by atoms with Gasteiger partial charge in [-0.3, -0.25) is 9.59 Å². The Bertz CT molecular complexity index is 745. The number of benzene rings is 2. The smallest absolute Gasteiger partial charge is 0.253 e. The Morgan fingerprint density at radius 3 is 2.48 bits per heavy atom. The van der Waals surface area contributed by atoms with Crippen LogP contribution in [0, 0.1) is 6.92 Å². The molecule has 0 spiro atoms. The fourth-order valence-corrected chi connectivity index (χ4v) is 2.38. The Balaban J connectivity index is 2.01. The van der Waals surface area contributed by atoms with E-state index in [2.05, 4.69) is 16.0 Å². The molecule has 3 N–H and O–H groups in total. The van der Waals surface area contributed by atoms with Gasteiger partial charge in [0.1, 0.15) is 0 Å². The SMILES string of the molecule is CCCNC(=O)c1ccc(Cl)cc1NCC(=O)Nc1ccc(C)cc1. The molecule has 0 heterocycles. The molecule has 25 heavy (non-hydrogen) atoms. The summed E-state index contributed by atoms with van der Waals surface area (Å²) < 4.78 is 0. The highest BCUT2D eigenvalue weighted by molar-refractivity contribution is 6.31. The van der Waals surface area contributed by atoms with Crippen LogP contribution in [0.2, 0.25) is 5.02 Å². The molecule has 0 radical (unpaired) electrons. The van der Waals surface area contributed by atoms with Crippen molar-refractivity contribution in [1.29, 1.82) is 0 Å². The van der Waals surface area contributed by atoms with Gasteiger partial charge >= 0.3 is 0 Å². The van der Waals surface area contributed by atoms with Gasteiger partial charge in [0.25, 0.3) is 5.91 Å². The third-order valence-electron chi connectivity index (χ3n) is 3.54. The van der Waals surface area contributed by atoms with Crippen LogP contribution in [0.5, 0.6) is 0 Å². The van der Waals surface area contributed by atoms with Gasteiger partial charge in [0.15, 0.2) is 0 Å². The van der Waals surface area contributed by atoms with Crippen molar-refractivity contribution in [3.05, 3.63) is 58.6 Å². The molecule has 6 heteroatoms. The van der Waals surface area contributed by atoms with Crippen molar-refractivity contribution in [2.24, 2.45) is 0 Å². The molecular weight excluding hydrogens is 338 g/mol. The standard InChI is InChI=1S/C19H22ClN3O2/c1-3-10-21-19(25)16-9-6-14(20)11-17(16)22-12-18(24)23-15-7-4-13(2)5-8-15/h4-9,11,22H,3,10,12H2,1-2H3,(H,21,25)(H,23,24). The second-order valence-electron chi connectivity index (χ2n) is 5.71. The van der Waals surface area contributed by atoms with E-state index in [0.717, 1.165) is 17.7 Å². The largest absolute Gasteiger partial charge is 0.375 e. The first-order chi connectivity index (χ1) is 12.0. The van der Waals surface area contributed by atoms with Crippen LogP contribution in [0.25, 0.3) is 0 Å². The van der Waals surface area contributed by atoms with Crippen LogP contribution in [0.15, 0.2) is 42.5 Å². The van der Waals surface area contributed by atoms with E-state index in [4.69, 9.17) is 11.6 Å². The van der Waals surface area contributed by atoms with Crippen molar-refractivity contribution in [3.8, 4) is 0 Å². The van der Waals surface area contributed by atoms with Gasteiger partial charge in [-0.25, -0.2) is 0 Å². The summed E-state index contributed by atoms with van der Waals surface area (Å²) in [5.41, 5.74) is 2.84. The molecule has 0 atom stereocenters. The summed E-state index contributed by atoms with van der Waals surface area (Å²) in [6, 6.07) is 12.5. The number of hydrogen-bond donors (Lipinski definition) is 3. The molecule has 0 unspecified atom stereocenters. The summed E-state index contributed by atoms with van der Waals surface area (Å²) in [5.74, 6) is -0.399. The van der Waals surface area contributed by atoms with E-state index in [-0.39, 0.29) is 18.4 Å². The summed E-state index contributed by atoms with van der Waals surface area (Å²) in [7, 11) is 0. The van der Waals surface area contributed by atoms with E-state index >= 15 is 0 Å². The van der Waals surface area contributed by atoms with Crippen molar-refractivity contribution >= 4 is 34.8 Å². The van der Waals surface area contributed by atoms with Gasteiger partial charge in [0, 0.05) is 22.9 Å². The number of hydrogen-bond acceptors (Lipinski definition) is 3. The van der Waals surface area contributed by atoms with Crippen LogP contribution in [0.1, 0.15) is 29.3 Å². The fraction of sp³-hybridized carbons (Fsp3) is 0.263. The predicted molar refractivity (Wildman–Crippen MR) is 102 cm³/mol. The molecule has 2 amide bonds. The van der Waals surface area contributed by atoms with Gasteiger partial charge in [0.05, 0.1) is 12.1 Å². The summed E-state index contributed by atoms with van der Waals surface area (Å²) in [5, 5.41) is 9.10. The number of nitrogens with one attached hydrogen (secondary N) is 3. The average molecular weight is 360 g/mol. The molecule has 0 aromatic heterocycles. The Morgan fingerprint density at radius 2 is 1.80 bits per heavy atom. The Hall–Kier alpha value is -2.53. The summed E-state index contributed by atoms with van der Waals surface area (Å²) in [6.45, 7) is 4.59. The van der Waals surface area contributed by atoms with Crippen molar-refractivity contribution < 1.29 is 9.59 Å². The second kappa shape index (κ2) is 9.08. The minimum Gasteiger partial charge on any atom is -0.375 e. The highest BCUT2D eigenvalue weighted by Gasteiger charge is 2.12. The molecule has 0 aliphatic heterocycles. The zero-order valence-corrected chi connectivity index (χ0v) is 15.1. The first-order valence-corrected chi connectivity index (χ1v) is 8.55. The number of carbonyl (C=O) groups excluding carboxylic acids is 2. The van der Waals surface area contributed by atoms with Gasteiger partial charge in [-0.15, -0.1) is 0 Å². The molecule has 0 fully saturated rings. The van der Waals surface area contributed by atoms with E-state index in [1.807, 2.05) is 38.1 Å². The Kier molecular flexibility index (Phi) is 6.83. The Morgan fingerprint density at radius 1 is 1.08 bits per heavy atom. The monoisotopic (exact) mass is 359 g/mol. The molecule has 132 valence electrons. The van der Waals surface area contributed by atoms with E-state index < -0.39 is 0 Å². The number of halogens is 1. The third kappa shape index (κ3) is 5.80. The number of anilines is 2. The molecule has 5 nitrogen and oxygen atoms in total. The van der Waals surface area contributed by atoms with Gasteiger partial charge in [0.2, 0.25) is 5.91 Å². The lowest BCUT2D eigenvalue weighted by atomic mass is 10.1. The van der Waals surface area contributed by atoms with Crippen LogP contribution >= 0.6 is 11.6 Å². The first kappa shape index (κ1) is 18.8.